The number of fused-ring (bicyclic) bond motifs is 1. The fourth-order valence-electron chi connectivity index (χ4n) is 4.02. The lowest BCUT2D eigenvalue weighted by Crippen LogP contribution is -2.37. The number of carbonyl (C=O) groups is 1. The van der Waals surface area contributed by atoms with Crippen molar-refractivity contribution < 1.29 is 9.53 Å². The molecule has 4 aromatic rings. The molecule has 1 amide bonds. The molecule has 0 atom stereocenters. The van der Waals surface area contributed by atoms with E-state index >= 15 is 0 Å². The molecule has 3 heterocycles. The molecule has 174 valence electrons. The Hall–Kier alpha value is -3.98. The van der Waals surface area contributed by atoms with E-state index in [1.807, 2.05) is 44.3 Å². The summed E-state index contributed by atoms with van der Waals surface area (Å²) in [5.74, 6) is 2.18. The summed E-state index contributed by atoms with van der Waals surface area (Å²) in [5, 5.41) is 6.01. The monoisotopic (exact) mass is 457 g/mol. The lowest BCUT2D eigenvalue weighted by molar-refractivity contribution is 0.0963. The van der Waals surface area contributed by atoms with Crippen molar-refractivity contribution in [3.63, 3.8) is 0 Å². The second kappa shape index (κ2) is 9.11. The van der Waals surface area contributed by atoms with E-state index in [2.05, 4.69) is 31.2 Å². The van der Waals surface area contributed by atoms with Crippen LogP contribution in [0.25, 0.3) is 22.3 Å². The molecule has 1 fully saturated rings. The zero-order chi connectivity index (χ0) is 23.7. The van der Waals surface area contributed by atoms with Crippen molar-refractivity contribution in [3.8, 4) is 11.3 Å². The Bertz CT molecular complexity index is 1340. The number of rotatable bonds is 5. The number of nitrogens with one attached hydrogen (secondary N) is 2. The van der Waals surface area contributed by atoms with Gasteiger partial charge in [-0.05, 0) is 43.3 Å². The summed E-state index contributed by atoms with van der Waals surface area (Å²) in [4.78, 5) is 28.3. The number of benzene rings is 2. The van der Waals surface area contributed by atoms with Crippen molar-refractivity contribution >= 4 is 34.4 Å². The van der Waals surface area contributed by atoms with E-state index in [4.69, 9.17) is 14.7 Å². The van der Waals surface area contributed by atoms with E-state index < -0.39 is 0 Å². The maximum Gasteiger partial charge on any atom is 0.251 e. The van der Waals surface area contributed by atoms with Gasteiger partial charge in [0.2, 0.25) is 5.95 Å². The molecule has 1 aliphatic rings. The standard InChI is InChI=1S/C25H27N7O2/c1-16-27-20-9-6-18(14-22(20)31(16)3)21-15-23(30-25(29-21)32-10-12-34-13-11-32)28-19-7-4-17(5-8-19)24(33)26-2/h4-9,14-15H,10-13H2,1-3H3,(H,26,33)(H,28,29,30). The summed E-state index contributed by atoms with van der Waals surface area (Å²) in [6, 6.07) is 15.4. The summed E-state index contributed by atoms with van der Waals surface area (Å²) in [6.07, 6.45) is 0. The molecule has 1 saturated heterocycles. The van der Waals surface area contributed by atoms with Gasteiger partial charge in [0.25, 0.3) is 5.91 Å². The van der Waals surface area contributed by atoms with Gasteiger partial charge in [-0.2, -0.15) is 4.98 Å². The third-order valence-electron chi connectivity index (χ3n) is 6.06. The number of ether oxygens (including phenoxy) is 1. The molecule has 34 heavy (non-hydrogen) atoms. The van der Waals surface area contributed by atoms with Crippen molar-refractivity contribution in [1.82, 2.24) is 24.8 Å². The summed E-state index contributed by atoms with van der Waals surface area (Å²) < 4.78 is 7.59. The van der Waals surface area contributed by atoms with Gasteiger partial charge in [-0.25, -0.2) is 9.97 Å². The molecule has 2 aromatic carbocycles. The highest BCUT2D eigenvalue weighted by atomic mass is 16.5. The highest BCUT2D eigenvalue weighted by Gasteiger charge is 2.17. The van der Waals surface area contributed by atoms with Gasteiger partial charge in [0.1, 0.15) is 11.6 Å². The van der Waals surface area contributed by atoms with Crippen LogP contribution in [0.3, 0.4) is 0 Å². The molecule has 2 N–H and O–H groups in total. The number of nitrogens with zero attached hydrogens (tertiary/aromatic N) is 5. The summed E-state index contributed by atoms with van der Waals surface area (Å²) in [5.41, 5.74) is 5.27. The van der Waals surface area contributed by atoms with Crippen LogP contribution in [0.5, 0.6) is 0 Å². The molecular weight excluding hydrogens is 430 g/mol. The van der Waals surface area contributed by atoms with Gasteiger partial charge in [-0.1, -0.05) is 6.07 Å². The predicted molar refractivity (Wildman–Crippen MR) is 133 cm³/mol. The number of aryl methyl sites for hydroxylation is 2. The minimum absolute atomic E-state index is 0.119. The first-order valence-electron chi connectivity index (χ1n) is 11.3. The molecular formula is C25H27N7O2. The van der Waals surface area contributed by atoms with Gasteiger partial charge < -0.3 is 24.8 Å². The molecule has 5 rings (SSSR count). The topological polar surface area (TPSA) is 97.2 Å². The fraction of sp³-hybridized carbons (Fsp3) is 0.280. The third kappa shape index (κ3) is 4.29. The van der Waals surface area contributed by atoms with Crippen molar-refractivity contribution in [1.29, 1.82) is 0 Å². The predicted octanol–water partition coefficient (Wildman–Crippen LogP) is 3.28. The van der Waals surface area contributed by atoms with Crippen molar-refractivity contribution in [2.24, 2.45) is 7.05 Å². The largest absolute Gasteiger partial charge is 0.378 e. The van der Waals surface area contributed by atoms with Gasteiger partial charge in [-0.15, -0.1) is 0 Å². The number of hydrogen-bond acceptors (Lipinski definition) is 7. The number of anilines is 3. The molecule has 0 bridgehead atoms. The second-order valence-electron chi connectivity index (χ2n) is 8.24. The van der Waals surface area contributed by atoms with Crippen LogP contribution in [0.1, 0.15) is 16.2 Å². The highest BCUT2D eigenvalue weighted by Crippen LogP contribution is 2.28. The van der Waals surface area contributed by atoms with E-state index in [0.717, 1.165) is 46.9 Å². The van der Waals surface area contributed by atoms with E-state index in [1.54, 1.807) is 19.2 Å². The van der Waals surface area contributed by atoms with E-state index in [0.29, 0.717) is 30.5 Å². The summed E-state index contributed by atoms with van der Waals surface area (Å²) in [7, 11) is 3.64. The SMILES string of the molecule is CNC(=O)c1ccc(Nc2cc(-c3ccc4nc(C)n(C)c4c3)nc(N3CCOCC3)n2)cc1. The Morgan fingerprint density at radius 2 is 1.76 bits per heavy atom. The van der Waals surface area contributed by atoms with E-state index in [-0.39, 0.29) is 5.91 Å². The molecule has 0 saturated carbocycles. The Balaban J connectivity index is 1.53. The van der Waals surface area contributed by atoms with E-state index in [9.17, 15) is 4.79 Å². The molecule has 0 radical (unpaired) electrons. The molecule has 1 aliphatic heterocycles. The van der Waals surface area contributed by atoms with Crippen LogP contribution in [0, 0.1) is 6.92 Å². The Kier molecular flexibility index (Phi) is 5.85. The fourth-order valence-corrected chi connectivity index (χ4v) is 4.02. The van der Waals surface area contributed by atoms with Crippen LogP contribution in [0.15, 0.2) is 48.5 Å². The average molecular weight is 458 g/mol. The van der Waals surface area contributed by atoms with E-state index in [1.165, 1.54) is 0 Å². The summed E-state index contributed by atoms with van der Waals surface area (Å²) in [6.45, 7) is 4.78. The van der Waals surface area contributed by atoms with Crippen LogP contribution in [-0.2, 0) is 11.8 Å². The number of aromatic nitrogens is 4. The molecule has 0 unspecified atom stereocenters. The molecule has 0 spiro atoms. The normalized spacial score (nSPS) is 13.8. The van der Waals surface area contributed by atoms with Crippen LogP contribution < -0.4 is 15.5 Å². The highest BCUT2D eigenvalue weighted by molar-refractivity contribution is 5.94. The van der Waals surface area contributed by atoms with Gasteiger partial charge in [0.15, 0.2) is 0 Å². The van der Waals surface area contributed by atoms with Crippen LogP contribution >= 0.6 is 0 Å². The van der Waals surface area contributed by atoms with Crippen molar-refractivity contribution in [2.75, 3.05) is 43.6 Å². The van der Waals surface area contributed by atoms with Crippen LogP contribution in [0.2, 0.25) is 0 Å². The number of hydrogen-bond donors (Lipinski definition) is 2. The number of morpholine rings is 1. The number of imidazole rings is 1. The first kappa shape index (κ1) is 21.8. The first-order chi connectivity index (χ1) is 16.5. The van der Waals surface area contributed by atoms with Gasteiger partial charge in [0, 0.05) is 50.1 Å². The van der Waals surface area contributed by atoms with Crippen molar-refractivity contribution in [2.45, 2.75) is 6.92 Å². The first-order valence-corrected chi connectivity index (χ1v) is 11.3. The summed E-state index contributed by atoms with van der Waals surface area (Å²) >= 11 is 0. The quantitative estimate of drug-likeness (QED) is 0.475. The van der Waals surface area contributed by atoms with Gasteiger partial charge >= 0.3 is 0 Å². The zero-order valence-corrected chi connectivity index (χ0v) is 19.5. The molecule has 9 heteroatoms. The Morgan fingerprint density at radius 1 is 1.00 bits per heavy atom. The number of amides is 1. The molecule has 2 aromatic heterocycles. The van der Waals surface area contributed by atoms with Crippen LogP contribution in [-0.4, -0.2) is 58.8 Å². The van der Waals surface area contributed by atoms with Gasteiger partial charge in [0.05, 0.1) is 29.9 Å². The Morgan fingerprint density at radius 3 is 2.50 bits per heavy atom. The zero-order valence-electron chi connectivity index (χ0n) is 19.5. The smallest absolute Gasteiger partial charge is 0.251 e. The average Bonchev–Trinajstić information content (AvgIpc) is 3.17. The van der Waals surface area contributed by atoms with Crippen molar-refractivity contribution in [3.05, 3.63) is 59.9 Å². The minimum atomic E-state index is -0.119. The lowest BCUT2D eigenvalue weighted by Gasteiger charge is -2.27. The van der Waals surface area contributed by atoms with Gasteiger partial charge in [-0.3, -0.25) is 4.79 Å². The minimum Gasteiger partial charge on any atom is -0.378 e. The van der Waals surface area contributed by atoms with Crippen LogP contribution in [0.4, 0.5) is 17.5 Å². The Labute approximate surface area is 197 Å². The molecule has 9 nitrogen and oxygen atoms in total. The maximum absolute atomic E-state index is 11.8. The number of carbonyl (C=O) groups excluding carboxylic acids is 1. The second-order valence-corrected chi connectivity index (χ2v) is 8.24. The molecule has 0 aliphatic carbocycles. The lowest BCUT2D eigenvalue weighted by atomic mass is 10.1. The maximum atomic E-state index is 11.8. The third-order valence-corrected chi connectivity index (χ3v) is 6.06.